The second-order valence-corrected chi connectivity index (χ2v) is 7.09. The third kappa shape index (κ3) is 6.16. The summed E-state index contributed by atoms with van der Waals surface area (Å²) in [4.78, 5) is 0.383. The van der Waals surface area contributed by atoms with Crippen LogP contribution in [0.2, 0.25) is 0 Å². The van der Waals surface area contributed by atoms with Gasteiger partial charge < -0.3 is 5.32 Å². The van der Waals surface area contributed by atoms with Crippen molar-refractivity contribution in [2.75, 3.05) is 6.54 Å². The smallest absolute Gasteiger partial charge is 0.241 e. The van der Waals surface area contributed by atoms with Gasteiger partial charge in [0.1, 0.15) is 0 Å². The van der Waals surface area contributed by atoms with Crippen molar-refractivity contribution in [2.24, 2.45) is 0 Å². The summed E-state index contributed by atoms with van der Waals surface area (Å²) in [5.74, 6) is 0. The van der Waals surface area contributed by atoms with Gasteiger partial charge >= 0.3 is 0 Å². The molecular weight excluding hydrogens is 284 g/mol. The van der Waals surface area contributed by atoms with Gasteiger partial charge in [0.25, 0.3) is 0 Å². The Balaban J connectivity index is 2.77. The largest absolute Gasteiger partial charge is 0.313 e. The Bertz CT molecular complexity index is 515. The van der Waals surface area contributed by atoms with Gasteiger partial charge in [0, 0.05) is 12.6 Å². The van der Waals surface area contributed by atoms with E-state index in [1.165, 1.54) is 0 Å². The van der Waals surface area contributed by atoms with E-state index in [2.05, 4.69) is 17.0 Å². The molecule has 21 heavy (non-hydrogen) atoms. The summed E-state index contributed by atoms with van der Waals surface area (Å²) in [6.45, 7) is 7.46. The molecule has 1 aromatic carbocycles. The summed E-state index contributed by atoms with van der Waals surface area (Å²) in [6.07, 6.45) is 4.22. The minimum Gasteiger partial charge on any atom is -0.313 e. The molecule has 0 heterocycles. The number of hydrogen-bond donors (Lipinski definition) is 2. The lowest BCUT2D eigenvalue weighted by Gasteiger charge is -2.16. The van der Waals surface area contributed by atoms with Crippen molar-refractivity contribution < 1.29 is 8.42 Å². The van der Waals surface area contributed by atoms with Gasteiger partial charge in [0.05, 0.1) is 4.90 Å². The Morgan fingerprint density at radius 1 is 1.14 bits per heavy atom. The van der Waals surface area contributed by atoms with Crippen LogP contribution < -0.4 is 10.0 Å². The average molecular weight is 312 g/mol. The normalized spacial score (nSPS) is 13.3. The second-order valence-electron chi connectivity index (χ2n) is 5.41. The maximum atomic E-state index is 12.5. The number of sulfonamides is 1. The first-order chi connectivity index (χ1) is 10.0. The summed E-state index contributed by atoms with van der Waals surface area (Å²) < 4.78 is 27.8. The Kier molecular flexibility index (Phi) is 7.93. The third-order valence-electron chi connectivity index (χ3n) is 3.42. The fourth-order valence-corrected chi connectivity index (χ4v) is 3.78. The van der Waals surface area contributed by atoms with E-state index in [1.54, 1.807) is 12.1 Å². The van der Waals surface area contributed by atoms with Gasteiger partial charge in [0.2, 0.25) is 10.0 Å². The van der Waals surface area contributed by atoms with Crippen LogP contribution in [0.5, 0.6) is 0 Å². The van der Waals surface area contributed by atoms with Crippen LogP contribution in [0, 0.1) is 0 Å². The number of nitrogens with one attached hydrogen (secondary N) is 2. The van der Waals surface area contributed by atoms with E-state index < -0.39 is 10.0 Å². The molecule has 0 bridgehead atoms. The van der Waals surface area contributed by atoms with Gasteiger partial charge in [0.15, 0.2) is 0 Å². The van der Waals surface area contributed by atoms with Crippen LogP contribution in [-0.4, -0.2) is 21.0 Å². The second kappa shape index (κ2) is 9.18. The minimum atomic E-state index is -3.45. The molecule has 0 aliphatic rings. The van der Waals surface area contributed by atoms with Gasteiger partial charge in [-0.15, -0.1) is 0 Å². The first-order valence-electron chi connectivity index (χ1n) is 7.82. The molecule has 5 heteroatoms. The van der Waals surface area contributed by atoms with Crippen molar-refractivity contribution >= 4 is 10.0 Å². The van der Waals surface area contributed by atoms with E-state index in [0.717, 1.165) is 37.8 Å². The fourth-order valence-electron chi connectivity index (χ4n) is 2.26. The zero-order chi connectivity index (χ0) is 15.7. The number of benzene rings is 1. The lowest BCUT2D eigenvalue weighted by Crippen LogP contribution is -2.33. The zero-order valence-electron chi connectivity index (χ0n) is 13.4. The molecule has 0 amide bonds. The van der Waals surface area contributed by atoms with E-state index in [0.29, 0.717) is 11.4 Å². The number of hydrogen-bond acceptors (Lipinski definition) is 3. The van der Waals surface area contributed by atoms with E-state index in [4.69, 9.17) is 0 Å². The average Bonchev–Trinajstić information content (AvgIpc) is 2.45. The van der Waals surface area contributed by atoms with Crippen LogP contribution in [0.15, 0.2) is 29.2 Å². The van der Waals surface area contributed by atoms with Crippen LogP contribution in [-0.2, 0) is 16.6 Å². The third-order valence-corrected chi connectivity index (χ3v) is 5.11. The molecule has 0 spiro atoms. The first-order valence-corrected chi connectivity index (χ1v) is 9.30. The summed E-state index contributed by atoms with van der Waals surface area (Å²) in [5, 5.41) is 3.18. The zero-order valence-corrected chi connectivity index (χ0v) is 14.2. The molecule has 120 valence electrons. The summed E-state index contributed by atoms with van der Waals surface area (Å²) >= 11 is 0. The highest BCUT2D eigenvalue weighted by atomic mass is 32.2. The van der Waals surface area contributed by atoms with E-state index >= 15 is 0 Å². The molecule has 4 nitrogen and oxygen atoms in total. The summed E-state index contributed by atoms with van der Waals surface area (Å²) in [7, 11) is -3.45. The van der Waals surface area contributed by atoms with Gasteiger partial charge in [-0.2, -0.15) is 0 Å². The highest BCUT2D eigenvalue weighted by molar-refractivity contribution is 7.89. The van der Waals surface area contributed by atoms with Gasteiger partial charge in [-0.25, -0.2) is 13.1 Å². The highest BCUT2D eigenvalue weighted by Gasteiger charge is 2.20. The Morgan fingerprint density at radius 2 is 1.86 bits per heavy atom. The number of unbranched alkanes of at least 4 members (excludes halogenated alkanes) is 2. The Morgan fingerprint density at radius 3 is 2.52 bits per heavy atom. The van der Waals surface area contributed by atoms with Crippen molar-refractivity contribution in [3.63, 3.8) is 0 Å². The van der Waals surface area contributed by atoms with E-state index in [-0.39, 0.29) is 6.04 Å². The molecule has 1 aromatic rings. The molecule has 2 N–H and O–H groups in total. The summed E-state index contributed by atoms with van der Waals surface area (Å²) in [6, 6.07) is 7.14. The molecule has 0 aliphatic heterocycles. The molecule has 0 aromatic heterocycles. The van der Waals surface area contributed by atoms with Crippen molar-refractivity contribution in [3.05, 3.63) is 29.8 Å². The van der Waals surface area contributed by atoms with E-state index in [1.807, 2.05) is 26.0 Å². The Labute approximate surface area is 129 Å². The van der Waals surface area contributed by atoms with Crippen molar-refractivity contribution in [3.8, 4) is 0 Å². The minimum absolute atomic E-state index is 0.0336. The fraction of sp³-hybridized carbons (Fsp3) is 0.625. The predicted octanol–water partition coefficient (Wildman–Crippen LogP) is 3.04. The van der Waals surface area contributed by atoms with Gasteiger partial charge in [-0.3, -0.25) is 0 Å². The monoisotopic (exact) mass is 312 g/mol. The molecule has 0 fully saturated rings. The molecule has 0 radical (unpaired) electrons. The lowest BCUT2D eigenvalue weighted by molar-refractivity contribution is 0.526. The van der Waals surface area contributed by atoms with Crippen LogP contribution in [0.4, 0.5) is 0 Å². The Hall–Kier alpha value is -0.910. The van der Waals surface area contributed by atoms with Crippen LogP contribution >= 0.6 is 0 Å². The predicted molar refractivity (Wildman–Crippen MR) is 87.7 cm³/mol. The first kappa shape index (κ1) is 18.1. The van der Waals surface area contributed by atoms with Crippen molar-refractivity contribution in [1.29, 1.82) is 0 Å². The molecule has 1 atom stereocenters. The molecule has 0 saturated heterocycles. The quantitative estimate of drug-likeness (QED) is 0.653. The molecule has 1 unspecified atom stereocenters. The highest BCUT2D eigenvalue weighted by Crippen LogP contribution is 2.16. The van der Waals surface area contributed by atoms with E-state index in [9.17, 15) is 8.42 Å². The van der Waals surface area contributed by atoms with Crippen LogP contribution in [0.25, 0.3) is 0 Å². The lowest BCUT2D eigenvalue weighted by atomic mass is 10.1. The van der Waals surface area contributed by atoms with Gasteiger partial charge in [-0.05, 0) is 31.5 Å². The van der Waals surface area contributed by atoms with Crippen molar-refractivity contribution in [2.45, 2.75) is 63.9 Å². The van der Waals surface area contributed by atoms with Crippen LogP contribution in [0.1, 0.15) is 52.0 Å². The standard InChI is InChI=1S/C16H28N2O2S/c1-4-6-7-10-14(3)18-21(19,20)16-12-9-8-11-15(16)13-17-5-2/h8-9,11-12,14,17-18H,4-7,10,13H2,1-3H3. The summed E-state index contributed by atoms with van der Waals surface area (Å²) in [5.41, 5.74) is 0.813. The van der Waals surface area contributed by atoms with Gasteiger partial charge in [-0.1, -0.05) is 51.3 Å². The maximum absolute atomic E-state index is 12.5. The number of rotatable bonds is 10. The molecule has 1 rings (SSSR count). The SMILES string of the molecule is CCCCCC(C)NS(=O)(=O)c1ccccc1CNCC. The topological polar surface area (TPSA) is 58.2 Å². The molecular formula is C16H28N2O2S. The van der Waals surface area contributed by atoms with Crippen LogP contribution in [0.3, 0.4) is 0 Å². The molecule has 0 saturated carbocycles. The molecule has 0 aliphatic carbocycles. The van der Waals surface area contributed by atoms with Crippen molar-refractivity contribution in [1.82, 2.24) is 10.0 Å². The maximum Gasteiger partial charge on any atom is 0.241 e.